The monoisotopic (exact) mass is 563 g/mol. The van der Waals surface area contributed by atoms with Crippen molar-refractivity contribution >= 4 is 22.4 Å². The van der Waals surface area contributed by atoms with E-state index in [-0.39, 0.29) is 18.3 Å². The summed E-state index contributed by atoms with van der Waals surface area (Å²) in [6.07, 6.45) is 0.897. The number of hydrogen-bond donors (Lipinski definition) is 0. The molecule has 1 aromatic heterocycles. The maximum Gasteiger partial charge on any atom is 0.305 e. The van der Waals surface area contributed by atoms with E-state index < -0.39 is 4.92 Å². The van der Waals surface area contributed by atoms with Crippen molar-refractivity contribution in [3.8, 4) is 34.3 Å². The molecule has 0 fully saturated rings. The molecule has 0 saturated heterocycles. The van der Waals surface area contributed by atoms with Crippen LogP contribution in [-0.4, -0.2) is 34.1 Å². The largest absolute Gasteiger partial charge is 0.494 e. The molecule has 0 amide bonds. The molecule has 4 aromatic carbocycles. The zero-order valence-electron chi connectivity index (χ0n) is 23.1. The number of esters is 1. The number of aromatic nitrogens is 2. The minimum absolute atomic E-state index is 0.00746. The maximum atomic E-state index is 11.5. The fourth-order valence-corrected chi connectivity index (χ4v) is 4.44. The summed E-state index contributed by atoms with van der Waals surface area (Å²) in [4.78, 5) is 32.0. The molecule has 9 heteroatoms. The first-order chi connectivity index (χ1) is 20.5. The molecule has 0 spiro atoms. The number of ether oxygens (including phenoxy) is 3. The molecular weight excluding hydrogens is 534 g/mol. The Kier molecular flexibility index (Phi) is 8.98. The minimum Gasteiger partial charge on any atom is -0.494 e. The number of carbonyl (C=O) groups is 1. The Labute approximate surface area is 242 Å². The van der Waals surface area contributed by atoms with Gasteiger partial charge in [-0.05, 0) is 48.4 Å². The summed E-state index contributed by atoms with van der Waals surface area (Å²) < 4.78 is 16.8. The van der Waals surface area contributed by atoms with Gasteiger partial charge in [0.15, 0.2) is 5.82 Å². The highest BCUT2D eigenvalue weighted by Crippen LogP contribution is 2.30. The Morgan fingerprint density at radius 2 is 1.60 bits per heavy atom. The van der Waals surface area contributed by atoms with E-state index in [1.807, 2.05) is 66.7 Å². The van der Waals surface area contributed by atoms with Gasteiger partial charge in [-0.2, -0.15) is 4.98 Å². The smallest absolute Gasteiger partial charge is 0.305 e. The number of hydrogen-bond acceptors (Lipinski definition) is 8. The third-order valence-electron chi connectivity index (χ3n) is 6.51. The lowest BCUT2D eigenvalue weighted by atomic mass is 10.1. The van der Waals surface area contributed by atoms with Crippen LogP contribution in [0.25, 0.3) is 33.4 Å². The van der Waals surface area contributed by atoms with Crippen LogP contribution in [0.3, 0.4) is 0 Å². The molecule has 0 bridgehead atoms. The van der Waals surface area contributed by atoms with E-state index in [4.69, 9.17) is 19.2 Å². The Bertz CT molecular complexity index is 1710. The summed E-state index contributed by atoms with van der Waals surface area (Å²) in [6.45, 7) is 2.57. The molecule has 0 aliphatic heterocycles. The number of rotatable bonds is 12. The van der Waals surface area contributed by atoms with Crippen molar-refractivity contribution < 1.29 is 23.9 Å². The molecule has 0 saturated carbocycles. The van der Waals surface area contributed by atoms with Crippen molar-refractivity contribution in [2.45, 2.75) is 26.4 Å². The minimum atomic E-state index is -0.422. The second kappa shape index (κ2) is 13.4. The molecular formula is C33H29N3O6. The van der Waals surface area contributed by atoms with Gasteiger partial charge in [-0.1, -0.05) is 60.7 Å². The van der Waals surface area contributed by atoms with Crippen LogP contribution in [0.1, 0.15) is 25.3 Å². The first kappa shape index (κ1) is 28.2. The van der Waals surface area contributed by atoms with E-state index in [2.05, 4.69) is 4.98 Å². The molecule has 0 aliphatic rings. The SMILES string of the molecule is CCOC(=O)CCCOc1ccc2cc(-c3nc(OCc4ccccc4[N+](=O)[O-])cc(-c4ccccc4)n3)ccc2c1. The molecule has 0 atom stereocenters. The normalized spacial score (nSPS) is 10.8. The maximum absolute atomic E-state index is 11.5. The zero-order valence-corrected chi connectivity index (χ0v) is 23.1. The Morgan fingerprint density at radius 1 is 0.833 bits per heavy atom. The molecule has 0 unspecified atom stereocenters. The van der Waals surface area contributed by atoms with Gasteiger partial charge in [0.25, 0.3) is 5.69 Å². The van der Waals surface area contributed by atoms with Crippen LogP contribution in [0, 0.1) is 10.1 Å². The molecule has 5 rings (SSSR count). The summed E-state index contributed by atoms with van der Waals surface area (Å²) in [5, 5.41) is 13.4. The quantitative estimate of drug-likeness (QED) is 0.0679. The van der Waals surface area contributed by atoms with Crippen LogP contribution in [0.5, 0.6) is 11.6 Å². The lowest BCUT2D eigenvalue weighted by Crippen LogP contribution is -2.06. The van der Waals surface area contributed by atoms with Gasteiger partial charge < -0.3 is 14.2 Å². The van der Waals surface area contributed by atoms with Crippen LogP contribution in [-0.2, 0) is 16.1 Å². The Balaban J connectivity index is 1.39. The summed E-state index contributed by atoms with van der Waals surface area (Å²) in [5.74, 6) is 1.27. The molecule has 9 nitrogen and oxygen atoms in total. The van der Waals surface area contributed by atoms with Gasteiger partial charge in [0, 0.05) is 29.7 Å². The Morgan fingerprint density at radius 3 is 2.40 bits per heavy atom. The van der Waals surface area contributed by atoms with Crippen LogP contribution >= 0.6 is 0 Å². The molecule has 0 aliphatic carbocycles. The van der Waals surface area contributed by atoms with E-state index in [1.165, 1.54) is 6.07 Å². The summed E-state index contributed by atoms with van der Waals surface area (Å²) in [7, 11) is 0. The molecule has 42 heavy (non-hydrogen) atoms. The third kappa shape index (κ3) is 7.06. The highest BCUT2D eigenvalue weighted by molar-refractivity contribution is 5.87. The predicted molar refractivity (Wildman–Crippen MR) is 159 cm³/mol. The van der Waals surface area contributed by atoms with Crippen LogP contribution in [0.15, 0.2) is 97.1 Å². The predicted octanol–water partition coefficient (Wildman–Crippen LogP) is 7.17. The molecule has 0 N–H and O–H groups in total. The van der Waals surface area contributed by atoms with Crippen molar-refractivity contribution in [3.05, 3.63) is 113 Å². The first-order valence-corrected chi connectivity index (χ1v) is 13.6. The number of fused-ring (bicyclic) bond motifs is 1. The topological polar surface area (TPSA) is 114 Å². The van der Waals surface area contributed by atoms with Crippen molar-refractivity contribution in [2.24, 2.45) is 0 Å². The number of nitro benzene ring substituents is 1. The summed E-state index contributed by atoms with van der Waals surface area (Å²) >= 11 is 0. The molecule has 5 aromatic rings. The van der Waals surface area contributed by atoms with Crippen LogP contribution in [0.4, 0.5) is 5.69 Å². The second-order valence-corrected chi connectivity index (χ2v) is 9.44. The number of carbonyl (C=O) groups excluding carboxylic acids is 1. The fraction of sp³-hybridized carbons (Fsp3) is 0.182. The molecule has 0 radical (unpaired) electrons. The Hall–Kier alpha value is -5.31. The summed E-state index contributed by atoms with van der Waals surface area (Å²) in [5.41, 5.74) is 2.80. The number of nitrogens with zero attached hydrogens (tertiary/aromatic N) is 3. The first-order valence-electron chi connectivity index (χ1n) is 13.6. The van der Waals surface area contributed by atoms with Crippen molar-refractivity contribution in [2.75, 3.05) is 13.2 Å². The average Bonchev–Trinajstić information content (AvgIpc) is 3.02. The second-order valence-electron chi connectivity index (χ2n) is 9.44. The van der Waals surface area contributed by atoms with E-state index in [1.54, 1.807) is 31.2 Å². The van der Waals surface area contributed by atoms with Crippen molar-refractivity contribution in [1.29, 1.82) is 0 Å². The number of benzene rings is 4. The highest BCUT2D eigenvalue weighted by atomic mass is 16.6. The lowest BCUT2D eigenvalue weighted by Gasteiger charge is -2.11. The van der Waals surface area contributed by atoms with E-state index in [0.29, 0.717) is 54.8 Å². The van der Waals surface area contributed by atoms with Gasteiger partial charge in [0.05, 0.1) is 29.4 Å². The van der Waals surface area contributed by atoms with Crippen molar-refractivity contribution in [1.82, 2.24) is 9.97 Å². The third-order valence-corrected chi connectivity index (χ3v) is 6.51. The van der Waals surface area contributed by atoms with Crippen molar-refractivity contribution in [3.63, 3.8) is 0 Å². The molecule has 212 valence electrons. The number of para-hydroxylation sites is 1. The standard InChI is InChI=1S/C33H29N3O6/c1-2-40-32(37)13-8-18-41-28-17-16-24-19-26(15-14-25(24)20-28)33-34-29(23-9-4-3-5-10-23)21-31(35-33)42-22-27-11-6-7-12-30(27)36(38)39/h3-7,9-12,14-17,19-21H,2,8,13,18,22H2,1H3. The van der Waals surface area contributed by atoms with Gasteiger partial charge in [-0.15, -0.1) is 0 Å². The van der Waals surface area contributed by atoms with E-state index in [9.17, 15) is 14.9 Å². The van der Waals surface area contributed by atoms with Gasteiger partial charge in [-0.3, -0.25) is 14.9 Å². The lowest BCUT2D eigenvalue weighted by molar-refractivity contribution is -0.385. The van der Waals surface area contributed by atoms with Crippen LogP contribution in [0.2, 0.25) is 0 Å². The van der Waals surface area contributed by atoms with Crippen LogP contribution < -0.4 is 9.47 Å². The zero-order chi connectivity index (χ0) is 29.3. The van der Waals surface area contributed by atoms with Gasteiger partial charge in [-0.25, -0.2) is 4.98 Å². The summed E-state index contributed by atoms with van der Waals surface area (Å²) in [6, 6.07) is 29.6. The average molecular weight is 564 g/mol. The molecule has 1 heterocycles. The number of nitro groups is 1. The highest BCUT2D eigenvalue weighted by Gasteiger charge is 2.15. The van der Waals surface area contributed by atoms with Gasteiger partial charge in [0.2, 0.25) is 5.88 Å². The van der Waals surface area contributed by atoms with E-state index >= 15 is 0 Å². The van der Waals surface area contributed by atoms with E-state index in [0.717, 1.165) is 21.9 Å². The van der Waals surface area contributed by atoms with Gasteiger partial charge in [0.1, 0.15) is 12.4 Å². The van der Waals surface area contributed by atoms with Gasteiger partial charge >= 0.3 is 5.97 Å². The fourth-order valence-electron chi connectivity index (χ4n) is 4.44.